The van der Waals surface area contributed by atoms with Crippen molar-refractivity contribution < 1.29 is 13.2 Å². The molecule has 0 radical (unpaired) electrons. The van der Waals surface area contributed by atoms with Gasteiger partial charge in [-0.3, -0.25) is 9.69 Å². The predicted octanol–water partition coefficient (Wildman–Crippen LogP) is -0.884. The first kappa shape index (κ1) is 17.1. The molecule has 1 aliphatic carbocycles. The third kappa shape index (κ3) is 3.70. The van der Waals surface area contributed by atoms with Crippen LogP contribution in [0.25, 0.3) is 0 Å². The van der Waals surface area contributed by atoms with E-state index >= 15 is 0 Å². The molecule has 3 N–H and O–H groups in total. The molecule has 2 heterocycles. The van der Waals surface area contributed by atoms with Gasteiger partial charge in [0.25, 0.3) is 0 Å². The Morgan fingerprint density at radius 1 is 1.30 bits per heavy atom. The van der Waals surface area contributed by atoms with Crippen molar-refractivity contribution in [3.05, 3.63) is 0 Å². The normalized spacial score (nSPS) is 32.3. The summed E-state index contributed by atoms with van der Waals surface area (Å²) in [5.41, 5.74) is -0.340. The Labute approximate surface area is 138 Å². The van der Waals surface area contributed by atoms with Gasteiger partial charge in [-0.05, 0) is 12.8 Å². The quantitative estimate of drug-likeness (QED) is 0.544. The number of hydrogen-bond acceptors (Lipinski definition) is 5. The second-order valence-electron chi connectivity index (χ2n) is 7.27. The Morgan fingerprint density at radius 3 is 2.74 bits per heavy atom. The van der Waals surface area contributed by atoms with Crippen LogP contribution in [0.4, 0.5) is 0 Å². The molecular formula is C15H28N4O3S. The number of carbonyl (C=O) groups excluding carboxylic acids is 1. The highest BCUT2D eigenvalue weighted by Crippen LogP contribution is 2.42. The fourth-order valence-electron chi connectivity index (χ4n) is 4.42. The zero-order valence-electron chi connectivity index (χ0n) is 13.8. The number of hydrogen-bond donors (Lipinski definition) is 3. The summed E-state index contributed by atoms with van der Waals surface area (Å²) in [5.74, 6) is 0.439. The molecule has 3 fully saturated rings. The number of amides is 1. The van der Waals surface area contributed by atoms with Crippen molar-refractivity contribution >= 4 is 15.9 Å². The summed E-state index contributed by atoms with van der Waals surface area (Å²) in [6.07, 6.45) is 6.26. The van der Waals surface area contributed by atoms with Gasteiger partial charge in [-0.2, -0.15) is 0 Å². The standard InChI is InChI=1S/C15H28N4O3S/c1-23(21,22)18-7-6-17-14(20)15-10-16-8-12(15)9-19(11-15)13-4-2-3-5-13/h12-13,16,18H,2-11H2,1H3,(H,17,20)/t12-,15-/m1/s1. The highest BCUT2D eigenvalue weighted by molar-refractivity contribution is 7.88. The molecule has 1 amide bonds. The number of rotatable bonds is 6. The largest absolute Gasteiger partial charge is 0.354 e. The van der Waals surface area contributed by atoms with Crippen LogP contribution in [-0.4, -0.2) is 70.8 Å². The number of nitrogens with zero attached hydrogens (tertiary/aromatic N) is 1. The lowest BCUT2D eigenvalue weighted by atomic mass is 9.80. The van der Waals surface area contributed by atoms with Crippen molar-refractivity contribution in [1.29, 1.82) is 0 Å². The topological polar surface area (TPSA) is 90.5 Å². The monoisotopic (exact) mass is 344 g/mol. The molecule has 3 aliphatic rings. The zero-order chi connectivity index (χ0) is 16.5. The minimum Gasteiger partial charge on any atom is -0.354 e. The number of nitrogens with one attached hydrogen (secondary N) is 3. The van der Waals surface area contributed by atoms with Gasteiger partial charge in [-0.1, -0.05) is 12.8 Å². The Balaban J connectivity index is 1.56. The summed E-state index contributed by atoms with van der Waals surface area (Å²) < 4.78 is 24.5. The molecular weight excluding hydrogens is 316 g/mol. The average Bonchev–Trinajstić information content (AvgIpc) is 3.15. The van der Waals surface area contributed by atoms with Crippen LogP contribution in [0.2, 0.25) is 0 Å². The molecule has 2 saturated heterocycles. The van der Waals surface area contributed by atoms with E-state index in [0.717, 1.165) is 32.4 Å². The molecule has 132 valence electrons. The van der Waals surface area contributed by atoms with Crippen LogP contribution in [0.1, 0.15) is 25.7 Å². The first-order chi connectivity index (χ1) is 10.9. The van der Waals surface area contributed by atoms with E-state index in [1.807, 2.05) is 0 Å². The van der Waals surface area contributed by atoms with Crippen LogP contribution in [0.5, 0.6) is 0 Å². The minimum absolute atomic E-state index is 0.0725. The predicted molar refractivity (Wildman–Crippen MR) is 88.5 cm³/mol. The maximum Gasteiger partial charge on any atom is 0.229 e. The summed E-state index contributed by atoms with van der Waals surface area (Å²) in [6, 6.07) is 0.650. The first-order valence-electron chi connectivity index (χ1n) is 8.58. The van der Waals surface area contributed by atoms with Crippen LogP contribution < -0.4 is 15.4 Å². The number of likely N-dealkylation sites (tertiary alicyclic amines) is 1. The molecule has 2 atom stereocenters. The van der Waals surface area contributed by atoms with E-state index < -0.39 is 10.0 Å². The molecule has 23 heavy (non-hydrogen) atoms. The average molecular weight is 344 g/mol. The number of fused-ring (bicyclic) bond motifs is 1. The summed E-state index contributed by atoms with van der Waals surface area (Å²) in [4.78, 5) is 15.3. The van der Waals surface area contributed by atoms with Crippen LogP contribution in [0.15, 0.2) is 0 Å². The van der Waals surface area contributed by atoms with E-state index in [2.05, 4.69) is 20.3 Å². The lowest BCUT2D eigenvalue weighted by Gasteiger charge is -2.29. The smallest absolute Gasteiger partial charge is 0.229 e. The third-order valence-corrected chi connectivity index (χ3v) is 6.35. The van der Waals surface area contributed by atoms with E-state index in [4.69, 9.17) is 0 Å². The highest BCUT2D eigenvalue weighted by Gasteiger charge is 2.55. The van der Waals surface area contributed by atoms with Gasteiger partial charge in [-0.25, -0.2) is 13.1 Å². The molecule has 0 aromatic carbocycles. The molecule has 2 aliphatic heterocycles. The molecule has 0 unspecified atom stereocenters. The zero-order valence-corrected chi connectivity index (χ0v) is 14.6. The lowest BCUT2D eigenvalue weighted by Crippen LogP contribution is -2.49. The highest BCUT2D eigenvalue weighted by atomic mass is 32.2. The summed E-state index contributed by atoms with van der Waals surface area (Å²) in [7, 11) is -3.20. The number of sulfonamides is 1. The second-order valence-corrected chi connectivity index (χ2v) is 9.11. The molecule has 0 bridgehead atoms. The van der Waals surface area contributed by atoms with Crippen molar-refractivity contribution in [3.63, 3.8) is 0 Å². The minimum atomic E-state index is -3.20. The molecule has 1 saturated carbocycles. The van der Waals surface area contributed by atoms with Crippen molar-refractivity contribution in [2.45, 2.75) is 31.7 Å². The SMILES string of the molecule is CS(=O)(=O)NCCNC(=O)[C@@]12CNC[C@@H]1CN(C1CCCC1)C2. The molecule has 8 heteroatoms. The Hall–Kier alpha value is -0.700. The second kappa shape index (κ2) is 6.66. The van der Waals surface area contributed by atoms with Gasteiger partial charge in [0, 0.05) is 51.2 Å². The maximum absolute atomic E-state index is 12.8. The molecule has 3 rings (SSSR count). The van der Waals surface area contributed by atoms with Gasteiger partial charge in [0.15, 0.2) is 0 Å². The van der Waals surface area contributed by atoms with E-state index in [1.165, 1.54) is 25.7 Å². The van der Waals surface area contributed by atoms with Crippen LogP contribution >= 0.6 is 0 Å². The molecule has 0 aromatic heterocycles. The molecule has 0 spiro atoms. The van der Waals surface area contributed by atoms with Crippen molar-refractivity contribution in [1.82, 2.24) is 20.3 Å². The lowest BCUT2D eigenvalue weighted by molar-refractivity contribution is -0.130. The fraction of sp³-hybridized carbons (Fsp3) is 0.933. The first-order valence-corrected chi connectivity index (χ1v) is 10.5. The van der Waals surface area contributed by atoms with Crippen molar-refractivity contribution in [2.75, 3.05) is 45.5 Å². The maximum atomic E-state index is 12.8. The van der Waals surface area contributed by atoms with E-state index in [0.29, 0.717) is 18.5 Å². The molecule has 0 aromatic rings. The third-order valence-electron chi connectivity index (χ3n) is 5.62. The van der Waals surface area contributed by atoms with Gasteiger partial charge in [0.05, 0.1) is 11.7 Å². The van der Waals surface area contributed by atoms with Crippen LogP contribution in [-0.2, 0) is 14.8 Å². The van der Waals surface area contributed by atoms with E-state index in [9.17, 15) is 13.2 Å². The number of carbonyl (C=O) groups is 1. The van der Waals surface area contributed by atoms with Gasteiger partial charge >= 0.3 is 0 Å². The molecule has 7 nitrogen and oxygen atoms in total. The van der Waals surface area contributed by atoms with E-state index in [1.54, 1.807) is 0 Å². The Bertz CT molecular complexity index is 547. The Morgan fingerprint density at radius 2 is 2.04 bits per heavy atom. The van der Waals surface area contributed by atoms with Gasteiger partial charge in [0.2, 0.25) is 15.9 Å². The van der Waals surface area contributed by atoms with Crippen LogP contribution in [0.3, 0.4) is 0 Å². The van der Waals surface area contributed by atoms with Crippen LogP contribution in [0, 0.1) is 11.3 Å². The van der Waals surface area contributed by atoms with Gasteiger partial charge in [-0.15, -0.1) is 0 Å². The van der Waals surface area contributed by atoms with E-state index in [-0.39, 0.29) is 17.9 Å². The summed E-state index contributed by atoms with van der Waals surface area (Å²) in [5, 5.41) is 6.31. The summed E-state index contributed by atoms with van der Waals surface area (Å²) >= 11 is 0. The van der Waals surface area contributed by atoms with Gasteiger partial charge in [0.1, 0.15) is 0 Å². The fourth-order valence-corrected chi connectivity index (χ4v) is 4.89. The Kier molecular flexibility index (Phi) is 4.96. The van der Waals surface area contributed by atoms with Crippen molar-refractivity contribution in [3.8, 4) is 0 Å². The van der Waals surface area contributed by atoms with Crippen molar-refractivity contribution in [2.24, 2.45) is 11.3 Å². The summed E-state index contributed by atoms with van der Waals surface area (Å²) in [6.45, 7) is 4.05. The van der Waals surface area contributed by atoms with Gasteiger partial charge < -0.3 is 10.6 Å².